The smallest absolute Gasteiger partial charge is 0.265 e. The Labute approximate surface area is 184 Å². The summed E-state index contributed by atoms with van der Waals surface area (Å²) in [6, 6.07) is 12.1. The van der Waals surface area contributed by atoms with Crippen LogP contribution < -0.4 is 14.8 Å². The molecular weight excluding hydrogens is 416 g/mol. The molecule has 1 saturated heterocycles. The summed E-state index contributed by atoms with van der Waals surface area (Å²) in [7, 11) is -2.14. The minimum absolute atomic E-state index is 0.129. The highest BCUT2D eigenvalue weighted by molar-refractivity contribution is 7.89. The minimum atomic E-state index is -3.61. The molecule has 2 aromatic carbocycles. The molecule has 31 heavy (non-hydrogen) atoms. The number of sulfonamides is 1. The quantitative estimate of drug-likeness (QED) is 0.662. The summed E-state index contributed by atoms with van der Waals surface area (Å²) in [6.45, 7) is 6.80. The summed E-state index contributed by atoms with van der Waals surface area (Å²) in [5, 5.41) is 2.76. The maximum absolute atomic E-state index is 12.9. The van der Waals surface area contributed by atoms with Crippen LogP contribution in [0.1, 0.15) is 45.1 Å². The number of benzene rings is 2. The average Bonchev–Trinajstić information content (AvgIpc) is 3.29. The standard InChI is InChI=1S/C23H30N2O5S/c1-16(2)19-9-5-6-10-21(19)30-17(3)23(26)24-20-15-18(11-12-22(20)29-4)31(27,28)25-13-7-8-14-25/h5-6,9-12,15-17H,7-8,13-14H2,1-4H3,(H,24,26). The largest absolute Gasteiger partial charge is 0.495 e. The Bertz CT molecular complexity index is 1030. The molecule has 1 heterocycles. The van der Waals surface area contributed by atoms with Crippen LogP contribution in [0.4, 0.5) is 5.69 Å². The van der Waals surface area contributed by atoms with E-state index >= 15 is 0 Å². The van der Waals surface area contributed by atoms with Gasteiger partial charge in [0, 0.05) is 13.1 Å². The molecule has 8 heteroatoms. The molecule has 2 aromatic rings. The number of carbonyl (C=O) groups is 1. The molecule has 0 aliphatic carbocycles. The van der Waals surface area contributed by atoms with Crippen LogP contribution >= 0.6 is 0 Å². The van der Waals surface area contributed by atoms with Crippen molar-refractivity contribution in [1.29, 1.82) is 0 Å². The fraction of sp³-hybridized carbons (Fsp3) is 0.435. The van der Waals surface area contributed by atoms with Gasteiger partial charge in [0.2, 0.25) is 10.0 Å². The molecule has 1 amide bonds. The number of ether oxygens (including phenoxy) is 2. The molecule has 168 valence electrons. The SMILES string of the molecule is COc1ccc(S(=O)(=O)N2CCCC2)cc1NC(=O)C(C)Oc1ccccc1C(C)C. The number of hydrogen-bond donors (Lipinski definition) is 1. The third-order valence-corrected chi connectivity index (χ3v) is 7.24. The normalized spacial score (nSPS) is 15.6. The van der Waals surface area contributed by atoms with E-state index in [0.717, 1.165) is 18.4 Å². The van der Waals surface area contributed by atoms with Crippen LogP contribution in [0.25, 0.3) is 0 Å². The zero-order valence-electron chi connectivity index (χ0n) is 18.4. The van der Waals surface area contributed by atoms with Gasteiger partial charge in [0.1, 0.15) is 11.5 Å². The number of rotatable bonds is 8. The number of methoxy groups -OCH3 is 1. The van der Waals surface area contributed by atoms with Gasteiger partial charge in [0.25, 0.3) is 5.91 Å². The first kappa shape index (κ1) is 23.1. The molecule has 0 bridgehead atoms. The predicted molar refractivity (Wildman–Crippen MR) is 120 cm³/mol. The fourth-order valence-electron chi connectivity index (χ4n) is 3.57. The lowest BCUT2D eigenvalue weighted by Crippen LogP contribution is -2.31. The molecule has 1 atom stereocenters. The van der Waals surface area contributed by atoms with Crippen molar-refractivity contribution < 1.29 is 22.7 Å². The summed E-state index contributed by atoms with van der Waals surface area (Å²) in [6.07, 6.45) is 0.917. The van der Waals surface area contributed by atoms with Gasteiger partial charge in [0.05, 0.1) is 17.7 Å². The number of anilines is 1. The van der Waals surface area contributed by atoms with Gasteiger partial charge in [-0.05, 0) is 55.5 Å². The zero-order chi connectivity index (χ0) is 22.6. The number of amides is 1. The van der Waals surface area contributed by atoms with Gasteiger partial charge in [-0.2, -0.15) is 4.31 Å². The fourth-order valence-corrected chi connectivity index (χ4v) is 5.11. The molecule has 1 aliphatic heterocycles. The number of nitrogens with one attached hydrogen (secondary N) is 1. The van der Waals surface area contributed by atoms with E-state index in [4.69, 9.17) is 9.47 Å². The van der Waals surface area contributed by atoms with Gasteiger partial charge < -0.3 is 14.8 Å². The van der Waals surface area contributed by atoms with Crippen molar-refractivity contribution >= 4 is 21.6 Å². The van der Waals surface area contributed by atoms with Gasteiger partial charge in [-0.25, -0.2) is 8.42 Å². The molecule has 1 unspecified atom stereocenters. The van der Waals surface area contributed by atoms with Gasteiger partial charge >= 0.3 is 0 Å². The number of hydrogen-bond acceptors (Lipinski definition) is 5. The van der Waals surface area contributed by atoms with E-state index in [1.165, 1.54) is 23.5 Å². The van der Waals surface area contributed by atoms with Crippen LogP contribution in [0, 0.1) is 0 Å². The topological polar surface area (TPSA) is 84.9 Å². The lowest BCUT2D eigenvalue weighted by atomic mass is 10.0. The summed E-state index contributed by atoms with van der Waals surface area (Å²) in [4.78, 5) is 13.0. The van der Waals surface area contributed by atoms with Crippen molar-refractivity contribution in [1.82, 2.24) is 4.31 Å². The molecule has 0 aromatic heterocycles. The van der Waals surface area contributed by atoms with Crippen LogP contribution in [-0.2, 0) is 14.8 Å². The van der Waals surface area contributed by atoms with E-state index in [0.29, 0.717) is 30.3 Å². The molecule has 1 N–H and O–H groups in total. The Morgan fingerprint density at radius 2 is 1.71 bits per heavy atom. The Morgan fingerprint density at radius 1 is 1.03 bits per heavy atom. The first-order valence-corrected chi connectivity index (χ1v) is 11.9. The van der Waals surface area contributed by atoms with E-state index in [1.807, 2.05) is 24.3 Å². The summed E-state index contributed by atoms with van der Waals surface area (Å²) in [5.74, 6) is 0.882. The number of nitrogens with zero attached hydrogens (tertiary/aromatic N) is 1. The molecule has 1 aliphatic rings. The van der Waals surface area contributed by atoms with Crippen molar-refractivity contribution in [3.63, 3.8) is 0 Å². The second-order valence-electron chi connectivity index (χ2n) is 7.92. The lowest BCUT2D eigenvalue weighted by molar-refractivity contribution is -0.122. The van der Waals surface area contributed by atoms with Crippen LogP contribution in [0.3, 0.4) is 0 Å². The maximum atomic E-state index is 12.9. The highest BCUT2D eigenvalue weighted by Gasteiger charge is 2.28. The van der Waals surface area contributed by atoms with E-state index in [9.17, 15) is 13.2 Å². The number of carbonyl (C=O) groups excluding carboxylic acids is 1. The van der Waals surface area contributed by atoms with E-state index in [2.05, 4.69) is 19.2 Å². The van der Waals surface area contributed by atoms with Gasteiger partial charge in [-0.3, -0.25) is 4.79 Å². The summed E-state index contributed by atoms with van der Waals surface area (Å²) in [5.41, 5.74) is 1.30. The van der Waals surface area contributed by atoms with Crippen molar-refractivity contribution in [2.45, 2.75) is 50.5 Å². The van der Waals surface area contributed by atoms with Gasteiger partial charge in [0.15, 0.2) is 6.10 Å². The van der Waals surface area contributed by atoms with E-state index in [1.54, 1.807) is 13.0 Å². The Balaban J connectivity index is 1.80. The van der Waals surface area contributed by atoms with Crippen molar-refractivity contribution in [3.8, 4) is 11.5 Å². The summed E-state index contributed by atoms with van der Waals surface area (Å²) < 4.78 is 38.5. The summed E-state index contributed by atoms with van der Waals surface area (Å²) >= 11 is 0. The highest BCUT2D eigenvalue weighted by Crippen LogP contribution is 2.31. The zero-order valence-corrected chi connectivity index (χ0v) is 19.2. The molecule has 7 nitrogen and oxygen atoms in total. The molecule has 3 rings (SSSR count). The third kappa shape index (κ3) is 5.19. The van der Waals surface area contributed by atoms with Crippen molar-refractivity contribution in [2.75, 3.05) is 25.5 Å². The van der Waals surface area contributed by atoms with E-state index < -0.39 is 22.0 Å². The first-order chi connectivity index (χ1) is 14.7. The lowest BCUT2D eigenvalue weighted by Gasteiger charge is -2.20. The van der Waals surface area contributed by atoms with E-state index in [-0.39, 0.29) is 10.8 Å². The highest BCUT2D eigenvalue weighted by atomic mass is 32.2. The Kier molecular flexibility index (Phi) is 7.23. The van der Waals surface area contributed by atoms with Gasteiger partial charge in [-0.1, -0.05) is 32.0 Å². The van der Waals surface area contributed by atoms with Crippen molar-refractivity contribution in [3.05, 3.63) is 48.0 Å². The Morgan fingerprint density at radius 3 is 2.35 bits per heavy atom. The van der Waals surface area contributed by atoms with Gasteiger partial charge in [-0.15, -0.1) is 0 Å². The van der Waals surface area contributed by atoms with Crippen LogP contribution in [-0.4, -0.2) is 44.9 Å². The second-order valence-corrected chi connectivity index (χ2v) is 9.85. The molecular formula is C23H30N2O5S. The third-order valence-electron chi connectivity index (χ3n) is 5.35. The maximum Gasteiger partial charge on any atom is 0.265 e. The van der Waals surface area contributed by atoms with Crippen LogP contribution in [0.2, 0.25) is 0 Å². The monoisotopic (exact) mass is 446 g/mol. The molecule has 1 fully saturated rings. The molecule has 0 spiro atoms. The first-order valence-electron chi connectivity index (χ1n) is 10.5. The van der Waals surface area contributed by atoms with Crippen molar-refractivity contribution in [2.24, 2.45) is 0 Å². The van der Waals surface area contributed by atoms with Crippen LogP contribution in [0.5, 0.6) is 11.5 Å². The second kappa shape index (κ2) is 9.70. The average molecular weight is 447 g/mol. The molecule has 0 saturated carbocycles. The number of para-hydroxylation sites is 1. The predicted octanol–water partition coefficient (Wildman–Crippen LogP) is 4.01. The molecule has 0 radical (unpaired) electrons. The van der Waals surface area contributed by atoms with Crippen LogP contribution in [0.15, 0.2) is 47.4 Å². The Hall–Kier alpha value is -2.58. The minimum Gasteiger partial charge on any atom is -0.495 e.